The summed E-state index contributed by atoms with van der Waals surface area (Å²) < 4.78 is 77.1. The third-order valence-electron chi connectivity index (χ3n) is 19.4. The number of hydrogen-bond donors (Lipinski definition) is 2. The molecule has 6 aliphatic rings. The summed E-state index contributed by atoms with van der Waals surface area (Å²) in [5.41, 5.74) is 0.935. The van der Waals surface area contributed by atoms with E-state index in [0.717, 1.165) is 12.1 Å². The van der Waals surface area contributed by atoms with Gasteiger partial charge in [-0.05, 0) is 124 Å². The van der Waals surface area contributed by atoms with Gasteiger partial charge < -0.3 is 44.2 Å². The number of piperazine rings is 2. The molecular formula is C72H72F4N12O10. The summed E-state index contributed by atoms with van der Waals surface area (Å²) >= 11 is 0. The van der Waals surface area contributed by atoms with E-state index in [1.165, 1.54) is 67.5 Å². The molecule has 2 aromatic carbocycles. The molecule has 0 bridgehead atoms. The first-order valence-corrected chi connectivity index (χ1v) is 32.6. The van der Waals surface area contributed by atoms with Crippen LogP contribution in [0.5, 0.6) is 11.5 Å². The highest BCUT2D eigenvalue weighted by Gasteiger charge is 2.52. The number of anilines is 4. The monoisotopic (exact) mass is 1340 g/mol. The Morgan fingerprint density at radius 3 is 1.34 bits per heavy atom. The molecule has 0 spiro atoms. The lowest BCUT2D eigenvalue weighted by atomic mass is 9.94. The summed E-state index contributed by atoms with van der Waals surface area (Å²) in [5, 5.41) is 21.7. The van der Waals surface area contributed by atoms with Gasteiger partial charge >= 0.3 is 0 Å². The molecular weight excluding hydrogens is 1270 g/mol. The molecule has 4 atom stereocenters. The number of aromatic hydroxyl groups is 2. The summed E-state index contributed by atoms with van der Waals surface area (Å²) in [6.45, 7) is 23.7. The van der Waals surface area contributed by atoms with Gasteiger partial charge in [-0.25, -0.2) is 27.5 Å². The molecule has 98 heavy (non-hydrogen) atoms. The lowest BCUT2D eigenvalue weighted by molar-refractivity contribution is -0.132. The van der Waals surface area contributed by atoms with Crippen molar-refractivity contribution in [1.29, 1.82) is 0 Å². The average molecular weight is 1340 g/mol. The number of phenols is 2. The fraction of sp³-hybridized carbons (Fsp3) is 0.361. The van der Waals surface area contributed by atoms with Gasteiger partial charge in [0.25, 0.3) is 22.9 Å². The van der Waals surface area contributed by atoms with Crippen molar-refractivity contribution >= 4 is 68.4 Å². The third kappa shape index (κ3) is 10.7. The predicted molar refractivity (Wildman–Crippen MR) is 360 cm³/mol. The molecule has 6 aliphatic heterocycles. The summed E-state index contributed by atoms with van der Waals surface area (Å²) in [6, 6.07) is 9.61. The van der Waals surface area contributed by atoms with Crippen LogP contribution in [0, 0.1) is 37.1 Å². The maximum Gasteiger partial charge on any atom is 0.283 e. The number of fused-ring (bicyclic) bond motifs is 10. The van der Waals surface area contributed by atoms with E-state index in [1.807, 2.05) is 55.4 Å². The van der Waals surface area contributed by atoms with Crippen LogP contribution in [0.4, 0.5) is 40.3 Å². The number of rotatable bonds is 10. The van der Waals surface area contributed by atoms with Crippen molar-refractivity contribution < 1.29 is 56.4 Å². The van der Waals surface area contributed by atoms with Crippen LogP contribution in [0.2, 0.25) is 0 Å². The first kappa shape index (κ1) is 66.3. The Morgan fingerprint density at radius 2 is 0.969 bits per heavy atom. The van der Waals surface area contributed by atoms with Crippen molar-refractivity contribution in [3.63, 3.8) is 0 Å². The Balaban J connectivity index is 0.000000177. The van der Waals surface area contributed by atoms with Crippen molar-refractivity contribution in [2.75, 3.05) is 72.2 Å². The zero-order valence-electron chi connectivity index (χ0n) is 55.2. The minimum absolute atomic E-state index is 0.00285. The lowest BCUT2D eigenvalue weighted by Gasteiger charge is -2.52. The normalized spacial score (nSPS) is 19.5. The Hall–Kier alpha value is -10.3. The molecule has 508 valence electrons. The van der Waals surface area contributed by atoms with Gasteiger partial charge in [0, 0.05) is 67.6 Å². The number of pyridine rings is 6. The Labute approximate surface area is 560 Å². The third-order valence-corrected chi connectivity index (χ3v) is 19.4. The second-order valence-corrected chi connectivity index (χ2v) is 26.2. The van der Waals surface area contributed by atoms with E-state index in [9.17, 15) is 29.4 Å². The standard InChI is InChI=1S/C37H38F2N6O5.C35H34F2N6O5/c1-6-28(47)42-18-26-36(48)44(22-11-14-50-15-12-22)34-33(43(26)17-21(42)5)23-16-25(39)31(29-24(38)8-7-9-27(29)46)41-35(23)45(37(34)49)32-20(4)10-13-40-30(32)19(2)3;1-6-26(45)40-14-24-34(46)42(20-15-48-16-20)32-31(41(24)13-19(40)5)21-12-23(37)29(27-22(36)8-7-9-25(27)44)39-33(21)43(35(32)47)30-18(4)10-11-38-28(30)17(2)3/h6-10,13,16,19,21-22,26,46H,1,11-12,14-15,17-18H2,2-5H3;6-12,17,19-20,24,44H,1,13-16H2,2-5H3. The minimum atomic E-state index is -0.942. The maximum absolute atomic E-state index is 16.5. The van der Waals surface area contributed by atoms with Crippen molar-refractivity contribution in [1.82, 2.24) is 38.9 Å². The molecule has 12 heterocycles. The SMILES string of the molecule is C=CC(=O)N1CC2C(=O)N(C3CCOCC3)c3c(c4cc(F)c(-c5c(O)cccc5F)nc4n(-c4c(C)ccnc4C(C)C)c3=O)N2CC1C.C=CC(=O)N1CC2C(=O)N(C3COC3)c3c(c4cc(F)c(-c5c(O)cccc5F)nc4n(-c4c(C)ccnc4C(C)C)c3=O)N2CC1C. The van der Waals surface area contributed by atoms with E-state index in [1.54, 1.807) is 44.1 Å². The van der Waals surface area contributed by atoms with E-state index in [0.29, 0.717) is 65.6 Å². The second-order valence-electron chi connectivity index (χ2n) is 26.2. The number of carbonyl (C=O) groups excluding carboxylic acids is 4. The van der Waals surface area contributed by atoms with Gasteiger partial charge in [0.05, 0.1) is 77.6 Å². The highest BCUT2D eigenvalue weighted by Crippen LogP contribution is 2.48. The molecule has 8 aromatic rings. The van der Waals surface area contributed by atoms with Crippen LogP contribution < -0.4 is 30.7 Å². The lowest BCUT2D eigenvalue weighted by Crippen LogP contribution is -2.69. The number of benzene rings is 2. The van der Waals surface area contributed by atoms with E-state index in [-0.39, 0.29) is 114 Å². The summed E-state index contributed by atoms with van der Waals surface area (Å²) in [5.74, 6) is -6.43. The zero-order chi connectivity index (χ0) is 69.8. The van der Waals surface area contributed by atoms with Gasteiger partial charge in [0.1, 0.15) is 58.0 Å². The van der Waals surface area contributed by atoms with Crippen molar-refractivity contribution in [3.8, 4) is 45.4 Å². The van der Waals surface area contributed by atoms with Gasteiger partial charge in [-0.2, -0.15) is 0 Å². The maximum atomic E-state index is 16.5. The highest BCUT2D eigenvalue weighted by molar-refractivity contribution is 6.14. The summed E-state index contributed by atoms with van der Waals surface area (Å²) in [7, 11) is 0. The Bertz CT molecular complexity index is 4780. The van der Waals surface area contributed by atoms with Crippen molar-refractivity contribution in [3.05, 3.63) is 165 Å². The average Bonchev–Trinajstić information content (AvgIpc) is 0.702. The molecule has 4 amide bonds. The number of aromatic nitrogens is 6. The van der Waals surface area contributed by atoms with Crippen LogP contribution in [-0.4, -0.2) is 162 Å². The highest BCUT2D eigenvalue weighted by atomic mass is 19.1. The first-order chi connectivity index (χ1) is 46.9. The van der Waals surface area contributed by atoms with E-state index in [2.05, 4.69) is 33.1 Å². The van der Waals surface area contributed by atoms with E-state index in [4.69, 9.17) is 9.47 Å². The van der Waals surface area contributed by atoms with Gasteiger partial charge in [0.15, 0.2) is 22.9 Å². The molecule has 0 radical (unpaired) electrons. The molecule has 0 aliphatic carbocycles. The number of aryl methyl sites for hydroxylation is 2. The van der Waals surface area contributed by atoms with E-state index < -0.39 is 105 Å². The Kier molecular flexibility index (Phi) is 17.3. The number of ether oxygens (including phenoxy) is 2. The fourth-order valence-corrected chi connectivity index (χ4v) is 14.7. The predicted octanol–water partition coefficient (Wildman–Crippen LogP) is 9.18. The molecule has 6 aromatic heterocycles. The van der Waals surface area contributed by atoms with Gasteiger partial charge in [-0.15, -0.1) is 0 Å². The van der Waals surface area contributed by atoms with Crippen LogP contribution in [0.1, 0.15) is 88.7 Å². The molecule has 14 rings (SSSR count). The number of carbonyl (C=O) groups is 4. The van der Waals surface area contributed by atoms with E-state index >= 15 is 27.2 Å². The second kappa shape index (κ2) is 25.6. The van der Waals surface area contributed by atoms with Gasteiger partial charge in [-0.1, -0.05) is 53.0 Å². The molecule has 0 saturated carbocycles. The van der Waals surface area contributed by atoms with Crippen molar-refractivity contribution in [2.45, 2.75) is 116 Å². The van der Waals surface area contributed by atoms with Crippen LogP contribution in [0.25, 0.3) is 56.0 Å². The number of phenolic OH excluding ortho intramolecular Hbond substituents is 2. The van der Waals surface area contributed by atoms with Crippen LogP contribution in [0.15, 0.2) is 108 Å². The van der Waals surface area contributed by atoms with Crippen molar-refractivity contribution in [2.24, 2.45) is 0 Å². The molecule has 22 nitrogen and oxygen atoms in total. The number of nitrogens with zero attached hydrogens (tertiary/aromatic N) is 12. The fourth-order valence-electron chi connectivity index (χ4n) is 14.7. The van der Waals surface area contributed by atoms with Crippen LogP contribution in [-0.2, 0) is 28.7 Å². The smallest absolute Gasteiger partial charge is 0.283 e. The first-order valence-electron chi connectivity index (χ1n) is 32.6. The minimum Gasteiger partial charge on any atom is -0.507 e. The molecule has 4 fully saturated rings. The quantitative estimate of drug-likeness (QED) is 0.0957. The number of halogens is 4. The topological polar surface area (TPSA) is 242 Å². The molecule has 26 heteroatoms. The zero-order valence-corrected chi connectivity index (χ0v) is 55.2. The van der Waals surface area contributed by atoms with Crippen LogP contribution >= 0.6 is 0 Å². The number of hydrogen-bond acceptors (Lipinski definition) is 16. The van der Waals surface area contributed by atoms with Gasteiger partial charge in [-0.3, -0.25) is 52.8 Å². The molecule has 4 saturated heterocycles. The largest absolute Gasteiger partial charge is 0.507 e. The van der Waals surface area contributed by atoms with Crippen LogP contribution in [0.3, 0.4) is 0 Å². The summed E-state index contributed by atoms with van der Waals surface area (Å²) in [4.78, 5) is 113. The number of amides is 4. The van der Waals surface area contributed by atoms with Gasteiger partial charge in [0.2, 0.25) is 11.8 Å². The molecule has 4 unspecified atom stereocenters. The Morgan fingerprint density at radius 1 is 0.561 bits per heavy atom. The molecule has 2 N–H and O–H groups in total. The summed E-state index contributed by atoms with van der Waals surface area (Å²) in [6.07, 6.45) is 6.60.